The molecule has 0 unspecified atom stereocenters. The molecule has 17 rings (SSSR count). The molecule has 0 spiro atoms. The van der Waals surface area contributed by atoms with Crippen molar-refractivity contribution in [3.8, 4) is 22.3 Å². The maximum absolute atomic E-state index is 7.79. The third-order valence-corrected chi connectivity index (χ3v) is 18.6. The Morgan fingerprint density at radius 2 is 0.701 bits per heavy atom. The molecule has 6 nitrogen and oxygen atoms in total. The van der Waals surface area contributed by atoms with Crippen molar-refractivity contribution in [1.29, 1.82) is 0 Å². The number of para-hydroxylation sites is 4. The average Bonchev–Trinajstić information content (AvgIpc) is 1.65. The van der Waals surface area contributed by atoms with Gasteiger partial charge in [-0.25, -0.2) is 0 Å². The lowest BCUT2D eigenvalue weighted by molar-refractivity contribution is 0.345. The fraction of sp³-hybridized carbons (Fsp3) is 0.114. The molecule has 6 heterocycles. The summed E-state index contributed by atoms with van der Waals surface area (Å²) in [5, 5.41) is 0. The SMILES string of the molecule is Cc1cc2c3c(c1)N1c4c(ccc5c4N(c4cc(N(c6ccccc6)c6ccccc6)cc6c4B5c4cc(-c5ccccc5)ccc4N6c4ccccc4)c4c(C(C)(C)C)oc(C(C)(C)C)c41)B3c1ccc(-c3ccccc3)cc1N2c1ccccc1. The molecule has 12 aromatic rings. The molecule has 0 radical (unpaired) electrons. The Hall–Kier alpha value is -10.2. The zero-order chi connectivity index (χ0) is 58.6. The number of anilines is 15. The Morgan fingerprint density at radius 3 is 1.20 bits per heavy atom. The molecule has 0 N–H and O–H groups in total. The van der Waals surface area contributed by atoms with Crippen molar-refractivity contribution in [1.82, 2.24) is 0 Å². The number of hydrogen-bond acceptors (Lipinski definition) is 6. The van der Waals surface area contributed by atoms with Crippen LogP contribution in [0.25, 0.3) is 22.3 Å². The quantitative estimate of drug-likeness (QED) is 0.148. The number of furan rings is 1. The predicted molar refractivity (Wildman–Crippen MR) is 368 cm³/mol. The van der Waals surface area contributed by atoms with E-state index >= 15 is 0 Å². The van der Waals surface area contributed by atoms with Crippen molar-refractivity contribution < 1.29 is 4.42 Å². The second kappa shape index (κ2) is 18.9. The summed E-state index contributed by atoms with van der Waals surface area (Å²) < 4.78 is 7.79. The molecule has 0 aliphatic carbocycles. The predicted octanol–water partition coefficient (Wildman–Crippen LogP) is 17.5. The van der Waals surface area contributed by atoms with Crippen LogP contribution in [0.15, 0.2) is 259 Å². The molecule has 0 amide bonds. The van der Waals surface area contributed by atoms with Gasteiger partial charge in [0.05, 0.1) is 17.1 Å². The second-order valence-electron chi connectivity index (χ2n) is 26.2. The number of rotatable bonds is 7. The number of aryl methyl sites for hydroxylation is 1. The van der Waals surface area contributed by atoms with E-state index in [1.165, 1.54) is 89.0 Å². The van der Waals surface area contributed by atoms with Crippen LogP contribution in [0.3, 0.4) is 0 Å². The van der Waals surface area contributed by atoms with Crippen LogP contribution in [0.1, 0.15) is 58.6 Å². The van der Waals surface area contributed by atoms with Gasteiger partial charge < -0.3 is 28.9 Å². The van der Waals surface area contributed by atoms with Gasteiger partial charge in [0.25, 0.3) is 13.4 Å². The number of fused-ring (bicyclic) bond motifs is 11. The van der Waals surface area contributed by atoms with Crippen LogP contribution >= 0.6 is 0 Å². The zero-order valence-corrected chi connectivity index (χ0v) is 50.0. The maximum Gasteiger partial charge on any atom is 0.252 e. The lowest BCUT2D eigenvalue weighted by Crippen LogP contribution is -2.65. The van der Waals surface area contributed by atoms with Crippen LogP contribution in [-0.4, -0.2) is 13.4 Å². The molecule has 416 valence electrons. The highest BCUT2D eigenvalue weighted by Crippen LogP contribution is 2.63. The van der Waals surface area contributed by atoms with Crippen molar-refractivity contribution in [2.45, 2.75) is 59.3 Å². The minimum Gasteiger partial charge on any atom is -0.460 e. The minimum atomic E-state index is -0.422. The van der Waals surface area contributed by atoms with Crippen LogP contribution in [-0.2, 0) is 10.8 Å². The van der Waals surface area contributed by atoms with E-state index in [-0.39, 0.29) is 13.4 Å². The van der Waals surface area contributed by atoms with Gasteiger partial charge in [-0.3, -0.25) is 0 Å². The van der Waals surface area contributed by atoms with Gasteiger partial charge in [-0.15, -0.1) is 0 Å². The van der Waals surface area contributed by atoms with E-state index in [0.29, 0.717) is 0 Å². The van der Waals surface area contributed by atoms with Crippen molar-refractivity contribution >= 4 is 132 Å². The van der Waals surface area contributed by atoms with Gasteiger partial charge >= 0.3 is 0 Å². The van der Waals surface area contributed by atoms with Crippen molar-refractivity contribution in [3.05, 3.63) is 272 Å². The average molecular weight is 1120 g/mol. The first kappa shape index (κ1) is 51.3. The van der Waals surface area contributed by atoms with Gasteiger partial charge in [-0.1, -0.05) is 211 Å². The van der Waals surface area contributed by atoms with Gasteiger partial charge in [0.15, 0.2) is 0 Å². The lowest BCUT2D eigenvalue weighted by atomic mass is 9.30. The molecule has 0 saturated heterocycles. The van der Waals surface area contributed by atoms with Crippen LogP contribution in [0.5, 0.6) is 0 Å². The molecule has 8 heteroatoms. The molecule has 0 saturated carbocycles. The molecule has 0 bridgehead atoms. The first-order valence-corrected chi connectivity index (χ1v) is 30.7. The largest absolute Gasteiger partial charge is 0.460 e. The Labute approximate surface area is 511 Å². The van der Waals surface area contributed by atoms with E-state index < -0.39 is 10.8 Å². The van der Waals surface area contributed by atoms with Crippen LogP contribution < -0.4 is 57.3 Å². The summed E-state index contributed by atoms with van der Waals surface area (Å²) in [5.41, 5.74) is 29.8. The Balaban J connectivity index is 1.04. The molecular weight excluding hydrogens is 1060 g/mol. The Bertz CT molecular complexity index is 4710. The maximum atomic E-state index is 7.79. The summed E-state index contributed by atoms with van der Waals surface area (Å²) in [6.07, 6.45) is 0. The standard InChI is InChI=1S/C79H63B2N5O/c1-50-44-66-70-67(45-50)85-72-61(80(70)60-40-38-54(52-28-16-9-17-29-52)47-65(60)84(66)58-36-24-13-25-37-58)41-42-62-73(72)86(75-74(85)76(78(2,3)4)87-77(75)79(5,6)7)69-49-59(82(55-30-18-10-19-31-55)56-32-20-11-21-33-56)48-68-71(69)81(62)63-46-53(51-26-14-8-15-27-51)39-43-64(63)83(68)57-34-22-12-23-35-57/h8-49H,1-7H3. The second-order valence-corrected chi connectivity index (χ2v) is 26.2. The normalized spacial score (nSPS) is 13.8. The van der Waals surface area contributed by atoms with E-state index in [0.717, 1.165) is 68.4 Å². The van der Waals surface area contributed by atoms with Crippen LogP contribution in [0.2, 0.25) is 0 Å². The fourth-order valence-corrected chi connectivity index (χ4v) is 15.0. The van der Waals surface area contributed by atoms with E-state index in [2.05, 4.69) is 328 Å². The highest BCUT2D eigenvalue weighted by Gasteiger charge is 2.55. The first-order valence-electron chi connectivity index (χ1n) is 30.7. The van der Waals surface area contributed by atoms with E-state index in [9.17, 15) is 0 Å². The molecule has 0 fully saturated rings. The number of benzene rings is 11. The van der Waals surface area contributed by atoms with E-state index in [4.69, 9.17) is 4.42 Å². The van der Waals surface area contributed by atoms with Gasteiger partial charge in [0, 0.05) is 67.7 Å². The fourth-order valence-electron chi connectivity index (χ4n) is 15.0. The Morgan fingerprint density at radius 1 is 0.310 bits per heavy atom. The monoisotopic (exact) mass is 1120 g/mol. The third kappa shape index (κ3) is 7.62. The molecule has 0 atom stereocenters. The molecule has 5 aliphatic rings. The summed E-state index contributed by atoms with van der Waals surface area (Å²) in [6, 6.07) is 94.9. The van der Waals surface area contributed by atoms with Gasteiger partial charge in [0.1, 0.15) is 22.9 Å². The highest BCUT2D eigenvalue weighted by molar-refractivity contribution is 7.03. The summed E-state index contributed by atoms with van der Waals surface area (Å²) in [5.74, 6) is 1.92. The van der Waals surface area contributed by atoms with Gasteiger partial charge in [-0.05, 0) is 152 Å². The van der Waals surface area contributed by atoms with Crippen molar-refractivity contribution in [2.75, 3.05) is 24.5 Å². The summed E-state index contributed by atoms with van der Waals surface area (Å²) in [4.78, 5) is 12.9. The zero-order valence-electron chi connectivity index (χ0n) is 50.0. The molecule has 87 heavy (non-hydrogen) atoms. The summed E-state index contributed by atoms with van der Waals surface area (Å²) in [7, 11) is 0. The Kier molecular flexibility index (Phi) is 11.1. The highest BCUT2D eigenvalue weighted by atomic mass is 16.3. The minimum absolute atomic E-state index is 0.116. The number of hydrogen-bond donors (Lipinski definition) is 0. The van der Waals surface area contributed by atoms with Crippen molar-refractivity contribution in [3.63, 3.8) is 0 Å². The number of nitrogens with zero attached hydrogens (tertiary/aromatic N) is 5. The molecule has 1 aromatic heterocycles. The topological polar surface area (TPSA) is 29.3 Å². The van der Waals surface area contributed by atoms with E-state index in [1.807, 2.05) is 0 Å². The van der Waals surface area contributed by atoms with Crippen LogP contribution in [0.4, 0.5) is 85.3 Å². The summed E-state index contributed by atoms with van der Waals surface area (Å²) in [6.45, 7) is 16.0. The molecule has 5 aliphatic heterocycles. The van der Waals surface area contributed by atoms with Gasteiger partial charge in [-0.2, -0.15) is 0 Å². The van der Waals surface area contributed by atoms with Crippen molar-refractivity contribution in [2.24, 2.45) is 0 Å². The lowest BCUT2D eigenvalue weighted by Gasteiger charge is -2.52. The van der Waals surface area contributed by atoms with Crippen LogP contribution in [0, 0.1) is 6.92 Å². The smallest absolute Gasteiger partial charge is 0.252 e. The summed E-state index contributed by atoms with van der Waals surface area (Å²) >= 11 is 0. The molecular formula is C79H63B2N5O. The first-order chi connectivity index (χ1) is 42.4. The van der Waals surface area contributed by atoms with E-state index in [1.54, 1.807) is 0 Å². The third-order valence-electron chi connectivity index (χ3n) is 18.6. The molecule has 11 aromatic carbocycles. The van der Waals surface area contributed by atoms with Gasteiger partial charge in [0.2, 0.25) is 0 Å².